The largest absolute Gasteiger partial charge is 0.465 e. The van der Waals surface area contributed by atoms with E-state index in [1.165, 1.54) is 62.8 Å². The van der Waals surface area contributed by atoms with E-state index in [0.29, 0.717) is 11.1 Å². The van der Waals surface area contributed by atoms with Gasteiger partial charge in [0.1, 0.15) is 0 Å². The number of hydrogen-bond acceptors (Lipinski definition) is 6. The van der Waals surface area contributed by atoms with Crippen molar-refractivity contribution in [2.24, 2.45) is 0 Å². The Bertz CT molecular complexity index is 756. The highest BCUT2D eigenvalue weighted by atomic mass is 16.5. The number of hydrazine groups is 1. The number of carbonyl (C=O) groups is 4. The van der Waals surface area contributed by atoms with Gasteiger partial charge >= 0.3 is 11.9 Å². The summed E-state index contributed by atoms with van der Waals surface area (Å²) in [6.07, 6.45) is 0. The fourth-order valence-corrected chi connectivity index (χ4v) is 2.01. The van der Waals surface area contributed by atoms with Gasteiger partial charge in [-0.15, -0.1) is 0 Å². The first-order valence-electron chi connectivity index (χ1n) is 7.43. The Kier molecular flexibility index (Phi) is 6.05. The lowest BCUT2D eigenvalue weighted by Crippen LogP contribution is -2.41. The molecule has 2 amide bonds. The molecule has 26 heavy (non-hydrogen) atoms. The Morgan fingerprint density at radius 3 is 1.12 bits per heavy atom. The van der Waals surface area contributed by atoms with Crippen molar-refractivity contribution in [1.29, 1.82) is 0 Å². The van der Waals surface area contributed by atoms with Crippen LogP contribution in [0.1, 0.15) is 41.4 Å². The Morgan fingerprint density at radius 1 is 0.577 bits per heavy atom. The zero-order valence-corrected chi connectivity index (χ0v) is 14.1. The molecule has 0 aliphatic heterocycles. The summed E-state index contributed by atoms with van der Waals surface area (Å²) in [6, 6.07) is 11.5. The molecule has 2 N–H and O–H groups in total. The standard InChI is InChI=1S/C18H16N2O6/c1-25-17(23)13-7-3-11(4-8-13)15(21)19-20-16(22)12-5-9-14(10-6-12)18(24)26-2/h3-10H,1-2H3,(H,19,21)(H,20,22). The molecule has 0 saturated carbocycles. The molecule has 0 radical (unpaired) electrons. The maximum atomic E-state index is 12.0. The monoisotopic (exact) mass is 356 g/mol. The summed E-state index contributed by atoms with van der Waals surface area (Å²) in [5.41, 5.74) is 5.63. The number of ether oxygens (including phenoxy) is 2. The lowest BCUT2D eigenvalue weighted by Gasteiger charge is -2.08. The fraction of sp³-hybridized carbons (Fsp3) is 0.111. The Hall–Kier alpha value is -3.68. The van der Waals surface area contributed by atoms with E-state index >= 15 is 0 Å². The van der Waals surface area contributed by atoms with Gasteiger partial charge in [-0.1, -0.05) is 0 Å². The van der Waals surface area contributed by atoms with Gasteiger partial charge in [-0.25, -0.2) is 9.59 Å². The van der Waals surface area contributed by atoms with E-state index in [4.69, 9.17) is 0 Å². The number of nitrogens with one attached hydrogen (secondary N) is 2. The maximum absolute atomic E-state index is 12.0. The second kappa shape index (κ2) is 8.43. The van der Waals surface area contributed by atoms with Crippen molar-refractivity contribution >= 4 is 23.8 Å². The molecule has 2 rings (SSSR count). The lowest BCUT2D eigenvalue weighted by molar-refractivity contribution is 0.0592. The molecule has 2 aromatic rings. The van der Waals surface area contributed by atoms with Crippen LogP contribution in [0.15, 0.2) is 48.5 Å². The molecule has 8 heteroatoms. The van der Waals surface area contributed by atoms with Crippen LogP contribution in [0.2, 0.25) is 0 Å². The van der Waals surface area contributed by atoms with Gasteiger partial charge in [-0.05, 0) is 48.5 Å². The van der Waals surface area contributed by atoms with Gasteiger partial charge in [-0.2, -0.15) is 0 Å². The van der Waals surface area contributed by atoms with E-state index in [1.54, 1.807) is 0 Å². The third-order valence-corrected chi connectivity index (χ3v) is 3.43. The highest BCUT2D eigenvalue weighted by molar-refractivity contribution is 6.00. The molecule has 134 valence electrons. The van der Waals surface area contributed by atoms with Gasteiger partial charge in [0.15, 0.2) is 0 Å². The molecular weight excluding hydrogens is 340 g/mol. The van der Waals surface area contributed by atoms with E-state index in [0.717, 1.165) is 0 Å². The predicted molar refractivity (Wildman–Crippen MR) is 90.5 cm³/mol. The van der Waals surface area contributed by atoms with Crippen LogP contribution in [0.25, 0.3) is 0 Å². The second-order valence-corrected chi connectivity index (χ2v) is 5.05. The lowest BCUT2D eigenvalue weighted by atomic mass is 10.1. The van der Waals surface area contributed by atoms with E-state index in [2.05, 4.69) is 20.3 Å². The number of hydrogen-bond donors (Lipinski definition) is 2. The van der Waals surface area contributed by atoms with E-state index < -0.39 is 23.8 Å². The van der Waals surface area contributed by atoms with Gasteiger partial charge < -0.3 is 9.47 Å². The molecule has 8 nitrogen and oxygen atoms in total. The summed E-state index contributed by atoms with van der Waals surface area (Å²) in [4.78, 5) is 46.7. The van der Waals surface area contributed by atoms with Gasteiger partial charge in [0.05, 0.1) is 25.3 Å². The zero-order valence-electron chi connectivity index (χ0n) is 14.1. The molecular formula is C18H16N2O6. The summed E-state index contributed by atoms with van der Waals surface area (Å²) in [5.74, 6) is -2.14. The minimum Gasteiger partial charge on any atom is -0.465 e. The summed E-state index contributed by atoms with van der Waals surface area (Å²) in [5, 5.41) is 0. The van der Waals surface area contributed by atoms with Crippen LogP contribution in [-0.4, -0.2) is 38.0 Å². The molecule has 2 aromatic carbocycles. The van der Waals surface area contributed by atoms with Gasteiger partial charge in [-0.3, -0.25) is 20.4 Å². The molecule has 0 heterocycles. The van der Waals surface area contributed by atoms with Gasteiger partial charge in [0.25, 0.3) is 11.8 Å². The van der Waals surface area contributed by atoms with Crippen LogP contribution in [0.5, 0.6) is 0 Å². The molecule has 0 spiro atoms. The quantitative estimate of drug-likeness (QED) is 0.632. The average Bonchev–Trinajstić information content (AvgIpc) is 2.70. The maximum Gasteiger partial charge on any atom is 0.337 e. The number of amides is 2. The molecule has 0 bridgehead atoms. The normalized spacial score (nSPS) is 9.77. The van der Waals surface area contributed by atoms with Crippen molar-refractivity contribution in [3.05, 3.63) is 70.8 Å². The van der Waals surface area contributed by atoms with Crippen molar-refractivity contribution in [3.63, 3.8) is 0 Å². The molecule has 0 atom stereocenters. The summed E-state index contributed by atoms with van der Waals surface area (Å²) in [6.45, 7) is 0. The number of esters is 2. The van der Waals surface area contributed by atoms with Crippen LogP contribution in [0, 0.1) is 0 Å². The zero-order chi connectivity index (χ0) is 19.1. The Morgan fingerprint density at radius 2 is 0.846 bits per heavy atom. The smallest absolute Gasteiger partial charge is 0.337 e. The first-order chi connectivity index (χ1) is 12.5. The molecule has 0 saturated heterocycles. The SMILES string of the molecule is COC(=O)c1ccc(C(=O)NNC(=O)c2ccc(C(=O)OC)cc2)cc1. The Labute approximate surface area is 149 Å². The van der Waals surface area contributed by atoms with Crippen LogP contribution in [-0.2, 0) is 9.47 Å². The van der Waals surface area contributed by atoms with Gasteiger partial charge in [0.2, 0.25) is 0 Å². The highest BCUT2D eigenvalue weighted by Crippen LogP contribution is 2.07. The third-order valence-electron chi connectivity index (χ3n) is 3.43. The molecule has 0 unspecified atom stereocenters. The Balaban J connectivity index is 1.95. The van der Waals surface area contributed by atoms with Crippen LogP contribution < -0.4 is 10.9 Å². The minimum absolute atomic E-state index is 0.249. The van der Waals surface area contributed by atoms with E-state index in [1.807, 2.05) is 0 Å². The molecule has 0 aliphatic carbocycles. The first-order valence-corrected chi connectivity index (χ1v) is 7.43. The van der Waals surface area contributed by atoms with Crippen molar-refractivity contribution in [2.45, 2.75) is 0 Å². The second-order valence-electron chi connectivity index (χ2n) is 5.05. The highest BCUT2D eigenvalue weighted by Gasteiger charge is 2.12. The topological polar surface area (TPSA) is 111 Å². The van der Waals surface area contributed by atoms with Crippen LogP contribution in [0.3, 0.4) is 0 Å². The van der Waals surface area contributed by atoms with Crippen molar-refractivity contribution in [1.82, 2.24) is 10.9 Å². The molecule has 0 aliphatic rings. The summed E-state index contributed by atoms with van der Waals surface area (Å²) in [7, 11) is 2.52. The van der Waals surface area contributed by atoms with E-state index in [-0.39, 0.29) is 11.1 Å². The van der Waals surface area contributed by atoms with Crippen molar-refractivity contribution < 1.29 is 28.7 Å². The molecule has 0 fully saturated rings. The number of methoxy groups -OCH3 is 2. The number of carbonyl (C=O) groups excluding carboxylic acids is 4. The van der Waals surface area contributed by atoms with Crippen molar-refractivity contribution in [3.8, 4) is 0 Å². The summed E-state index contributed by atoms with van der Waals surface area (Å²) < 4.78 is 9.14. The third kappa shape index (κ3) is 4.44. The average molecular weight is 356 g/mol. The van der Waals surface area contributed by atoms with Crippen molar-refractivity contribution in [2.75, 3.05) is 14.2 Å². The fourth-order valence-electron chi connectivity index (χ4n) is 2.01. The number of rotatable bonds is 4. The van der Waals surface area contributed by atoms with E-state index in [9.17, 15) is 19.2 Å². The number of benzene rings is 2. The predicted octanol–water partition coefficient (Wildman–Crippen LogP) is 1.33. The first kappa shape index (κ1) is 18.7. The van der Waals surface area contributed by atoms with Gasteiger partial charge in [0, 0.05) is 11.1 Å². The molecule has 0 aromatic heterocycles. The summed E-state index contributed by atoms with van der Waals surface area (Å²) >= 11 is 0. The van der Waals surface area contributed by atoms with Crippen LogP contribution >= 0.6 is 0 Å². The van der Waals surface area contributed by atoms with Crippen LogP contribution in [0.4, 0.5) is 0 Å². The minimum atomic E-state index is -0.555.